The molecule has 1 fully saturated rings. The lowest BCUT2D eigenvalue weighted by molar-refractivity contribution is -0.134. The quantitative estimate of drug-likeness (QED) is 0.759. The summed E-state index contributed by atoms with van der Waals surface area (Å²) in [6.07, 6.45) is 3.86. The van der Waals surface area contributed by atoms with Gasteiger partial charge in [-0.25, -0.2) is 0 Å². The van der Waals surface area contributed by atoms with E-state index in [0.29, 0.717) is 19.5 Å². The summed E-state index contributed by atoms with van der Waals surface area (Å²) >= 11 is 0. The first kappa shape index (κ1) is 13.0. The van der Waals surface area contributed by atoms with E-state index in [1.807, 2.05) is 6.92 Å². The Bertz CT molecular complexity index is 286. The molecule has 0 spiro atoms. The number of rotatable bonds is 5. The Labute approximate surface area is 97.4 Å². The number of carbonyl (C=O) groups excluding carboxylic acids is 1. The van der Waals surface area contributed by atoms with Gasteiger partial charge >= 0.3 is 0 Å². The molecule has 90 valence electrons. The number of hydrogen-bond acceptors (Lipinski definition) is 3. The molecule has 0 radical (unpaired) electrons. The summed E-state index contributed by atoms with van der Waals surface area (Å²) in [7, 11) is 1.76. The molecule has 1 rings (SSSR count). The fraction of sp³-hybridized carbons (Fsp3) is 0.833. The third-order valence-electron chi connectivity index (χ3n) is 3.57. The standard InChI is InChI=1S/C12H21N3O/c1-10(7-13)8-15(2)11(16)6-12(9-14)4-3-5-12/h10H,3-6,8-9,14H2,1-2H3. The molecule has 4 nitrogen and oxygen atoms in total. The maximum atomic E-state index is 11.9. The lowest BCUT2D eigenvalue weighted by Gasteiger charge is -2.41. The summed E-state index contributed by atoms with van der Waals surface area (Å²) in [6, 6.07) is 2.14. The van der Waals surface area contributed by atoms with Gasteiger partial charge in [0.1, 0.15) is 0 Å². The van der Waals surface area contributed by atoms with Gasteiger partial charge in [0.25, 0.3) is 0 Å². The highest BCUT2D eigenvalue weighted by Crippen LogP contribution is 2.43. The number of nitrogens with zero attached hydrogens (tertiary/aromatic N) is 2. The molecule has 1 aliphatic carbocycles. The first-order valence-corrected chi connectivity index (χ1v) is 5.87. The van der Waals surface area contributed by atoms with Crippen molar-refractivity contribution in [3.63, 3.8) is 0 Å². The van der Waals surface area contributed by atoms with Gasteiger partial charge in [0, 0.05) is 20.0 Å². The fourth-order valence-electron chi connectivity index (χ4n) is 2.14. The third kappa shape index (κ3) is 2.96. The summed E-state index contributed by atoms with van der Waals surface area (Å²) in [6.45, 7) is 2.93. The van der Waals surface area contributed by atoms with E-state index in [1.54, 1.807) is 11.9 Å². The lowest BCUT2D eigenvalue weighted by Crippen LogP contribution is -2.43. The van der Waals surface area contributed by atoms with Crippen LogP contribution in [0.3, 0.4) is 0 Å². The molecule has 0 aromatic carbocycles. The van der Waals surface area contributed by atoms with Crippen molar-refractivity contribution >= 4 is 5.91 Å². The van der Waals surface area contributed by atoms with Crippen LogP contribution in [0.4, 0.5) is 0 Å². The molecular weight excluding hydrogens is 202 g/mol. The monoisotopic (exact) mass is 223 g/mol. The van der Waals surface area contributed by atoms with Gasteiger partial charge in [-0.2, -0.15) is 5.26 Å². The van der Waals surface area contributed by atoms with Crippen LogP contribution in [0.15, 0.2) is 0 Å². The van der Waals surface area contributed by atoms with E-state index in [4.69, 9.17) is 11.0 Å². The number of hydrogen-bond donors (Lipinski definition) is 1. The van der Waals surface area contributed by atoms with E-state index >= 15 is 0 Å². The highest BCUT2D eigenvalue weighted by Gasteiger charge is 2.38. The molecule has 1 amide bonds. The van der Waals surface area contributed by atoms with Crippen molar-refractivity contribution in [3.05, 3.63) is 0 Å². The highest BCUT2D eigenvalue weighted by atomic mass is 16.2. The van der Waals surface area contributed by atoms with Crippen LogP contribution in [0, 0.1) is 22.7 Å². The second-order valence-electron chi connectivity index (χ2n) is 5.04. The molecule has 16 heavy (non-hydrogen) atoms. The number of nitrogens with two attached hydrogens (primary N) is 1. The Morgan fingerprint density at radius 2 is 2.25 bits per heavy atom. The average molecular weight is 223 g/mol. The number of amides is 1. The van der Waals surface area contributed by atoms with Gasteiger partial charge < -0.3 is 10.6 Å². The topological polar surface area (TPSA) is 70.1 Å². The molecule has 0 aliphatic heterocycles. The van der Waals surface area contributed by atoms with Gasteiger partial charge in [0.2, 0.25) is 5.91 Å². The molecule has 1 atom stereocenters. The SMILES string of the molecule is CC(C#N)CN(C)C(=O)CC1(CN)CCC1. The van der Waals surface area contributed by atoms with Crippen molar-refractivity contribution in [1.29, 1.82) is 5.26 Å². The van der Waals surface area contributed by atoms with E-state index in [0.717, 1.165) is 12.8 Å². The molecule has 0 heterocycles. The van der Waals surface area contributed by atoms with Crippen LogP contribution in [0.2, 0.25) is 0 Å². The minimum atomic E-state index is -0.107. The molecule has 2 N–H and O–H groups in total. The maximum Gasteiger partial charge on any atom is 0.222 e. The molecule has 0 aromatic heterocycles. The molecular formula is C12H21N3O. The smallest absolute Gasteiger partial charge is 0.222 e. The Morgan fingerprint density at radius 3 is 2.62 bits per heavy atom. The van der Waals surface area contributed by atoms with Gasteiger partial charge in [-0.05, 0) is 31.7 Å². The molecule has 4 heteroatoms. The van der Waals surface area contributed by atoms with Crippen molar-refractivity contribution in [3.8, 4) is 6.07 Å². The number of carbonyl (C=O) groups is 1. The zero-order valence-corrected chi connectivity index (χ0v) is 10.2. The van der Waals surface area contributed by atoms with Crippen LogP contribution in [-0.2, 0) is 4.79 Å². The van der Waals surface area contributed by atoms with Crippen LogP contribution in [0.1, 0.15) is 32.6 Å². The summed E-state index contributed by atoms with van der Waals surface area (Å²) in [5.41, 5.74) is 5.78. The minimum absolute atomic E-state index is 0.0568. The number of nitriles is 1. The summed E-state index contributed by atoms with van der Waals surface area (Å²) < 4.78 is 0. The van der Waals surface area contributed by atoms with E-state index in [-0.39, 0.29) is 17.2 Å². The Hall–Kier alpha value is -1.08. The van der Waals surface area contributed by atoms with Crippen LogP contribution < -0.4 is 5.73 Å². The molecule has 0 saturated heterocycles. The predicted octanol–water partition coefficient (Wildman–Crippen LogP) is 1.12. The van der Waals surface area contributed by atoms with Crippen LogP contribution in [0.25, 0.3) is 0 Å². The maximum absolute atomic E-state index is 11.9. The van der Waals surface area contributed by atoms with Crippen molar-refractivity contribution in [2.24, 2.45) is 17.1 Å². The molecule has 1 aliphatic rings. The average Bonchev–Trinajstić information content (AvgIpc) is 2.22. The van der Waals surface area contributed by atoms with E-state index in [2.05, 4.69) is 6.07 Å². The fourth-order valence-corrected chi connectivity index (χ4v) is 2.14. The first-order valence-electron chi connectivity index (χ1n) is 5.87. The summed E-state index contributed by atoms with van der Waals surface area (Å²) in [5.74, 6) is 0.0106. The first-order chi connectivity index (χ1) is 7.53. The molecule has 1 saturated carbocycles. The van der Waals surface area contributed by atoms with Crippen molar-refractivity contribution in [1.82, 2.24) is 4.90 Å². The lowest BCUT2D eigenvalue weighted by atomic mass is 9.66. The Kier molecular flexibility index (Phi) is 4.31. The largest absolute Gasteiger partial charge is 0.344 e. The van der Waals surface area contributed by atoms with E-state index in [9.17, 15) is 4.79 Å². The van der Waals surface area contributed by atoms with Crippen molar-refractivity contribution < 1.29 is 4.79 Å². The predicted molar refractivity (Wildman–Crippen MR) is 62.4 cm³/mol. The second kappa shape index (κ2) is 5.31. The Balaban J connectivity index is 2.42. The molecule has 0 aromatic rings. The van der Waals surface area contributed by atoms with Gasteiger partial charge in [-0.3, -0.25) is 4.79 Å². The second-order valence-corrected chi connectivity index (χ2v) is 5.04. The van der Waals surface area contributed by atoms with Crippen LogP contribution in [-0.4, -0.2) is 30.9 Å². The van der Waals surface area contributed by atoms with Crippen molar-refractivity contribution in [2.45, 2.75) is 32.6 Å². The zero-order chi connectivity index (χ0) is 12.2. The zero-order valence-electron chi connectivity index (χ0n) is 10.2. The molecule has 0 bridgehead atoms. The van der Waals surface area contributed by atoms with E-state index in [1.165, 1.54) is 6.42 Å². The van der Waals surface area contributed by atoms with Crippen LogP contribution in [0.5, 0.6) is 0 Å². The molecule has 1 unspecified atom stereocenters. The van der Waals surface area contributed by atoms with Gasteiger partial charge in [0.15, 0.2) is 0 Å². The summed E-state index contributed by atoms with van der Waals surface area (Å²) in [4.78, 5) is 13.6. The van der Waals surface area contributed by atoms with Gasteiger partial charge in [-0.15, -0.1) is 0 Å². The highest BCUT2D eigenvalue weighted by molar-refractivity contribution is 5.76. The van der Waals surface area contributed by atoms with Crippen LogP contribution >= 0.6 is 0 Å². The third-order valence-corrected chi connectivity index (χ3v) is 3.57. The van der Waals surface area contributed by atoms with E-state index < -0.39 is 0 Å². The Morgan fingerprint density at radius 1 is 1.62 bits per heavy atom. The van der Waals surface area contributed by atoms with Gasteiger partial charge in [0.05, 0.1) is 12.0 Å². The summed E-state index contributed by atoms with van der Waals surface area (Å²) in [5, 5.41) is 8.69. The minimum Gasteiger partial charge on any atom is -0.344 e. The van der Waals surface area contributed by atoms with Crippen molar-refractivity contribution in [2.75, 3.05) is 20.1 Å². The van der Waals surface area contributed by atoms with Gasteiger partial charge in [-0.1, -0.05) is 6.42 Å². The normalized spacial score (nSPS) is 19.4.